The Kier molecular flexibility index (Phi) is 4.60. The van der Waals surface area contributed by atoms with Gasteiger partial charge < -0.3 is 14.1 Å². The summed E-state index contributed by atoms with van der Waals surface area (Å²) in [7, 11) is 0. The van der Waals surface area contributed by atoms with Crippen LogP contribution in [0.5, 0.6) is 5.75 Å². The quantitative estimate of drug-likeness (QED) is 0.845. The molecule has 6 heteroatoms. The summed E-state index contributed by atoms with van der Waals surface area (Å²) in [5, 5.41) is 0.930. The highest BCUT2D eigenvalue weighted by Gasteiger charge is 2.29. The first-order valence-electron chi connectivity index (χ1n) is 7.02. The van der Waals surface area contributed by atoms with Crippen LogP contribution in [0.2, 0.25) is 10.0 Å². The van der Waals surface area contributed by atoms with E-state index in [1.165, 1.54) is 0 Å². The molecule has 1 amide bonds. The molecule has 0 spiro atoms. The fourth-order valence-electron chi connectivity index (χ4n) is 2.57. The molecule has 116 valence electrons. The Labute approximate surface area is 138 Å². The molecular formula is C16H15Cl2NO3. The lowest BCUT2D eigenvalue weighted by molar-refractivity contribution is -0.132. The van der Waals surface area contributed by atoms with Crippen LogP contribution in [0.1, 0.15) is 18.1 Å². The molecule has 0 bridgehead atoms. The summed E-state index contributed by atoms with van der Waals surface area (Å²) < 4.78 is 10.9. The van der Waals surface area contributed by atoms with Crippen LogP contribution in [0.15, 0.2) is 41.0 Å². The number of hydrogen-bond donors (Lipinski definition) is 0. The first-order chi connectivity index (χ1) is 10.6. The summed E-state index contributed by atoms with van der Waals surface area (Å²) in [5.41, 5.74) is 0. The normalized spacial score (nSPS) is 17.7. The maximum atomic E-state index is 12.2. The molecule has 0 saturated carbocycles. The number of nitrogens with zero attached hydrogens (tertiary/aromatic N) is 1. The van der Waals surface area contributed by atoms with E-state index in [2.05, 4.69) is 0 Å². The summed E-state index contributed by atoms with van der Waals surface area (Å²) >= 11 is 11.8. The zero-order chi connectivity index (χ0) is 15.5. The molecule has 22 heavy (non-hydrogen) atoms. The van der Waals surface area contributed by atoms with Crippen molar-refractivity contribution in [1.29, 1.82) is 0 Å². The second-order valence-corrected chi connectivity index (χ2v) is 6.05. The number of halogens is 2. The molecule has 0 aliphatic carbocycles. The summed E-state index contributed by atoms with van der Waals surface area (Å²) in [4.78, 5) is 14.0. The van der Waals surface area contributed by atoms with Crippen molar-refractivity contribution in [3.8, 4) is 5.75 Å². The second-order valence-electron chi connectivity index (χ2n) is 5.20. The molecule has 1 aromatic heterocycles. The number of carbonyl (C=O) groups excluding carboxylic acids is 1. The molecule has 2 heterocycles. The highest BCUT2D eigenvalue weighted by atomic mass is 35.5. The van der Waals surface area contributed by atoms with Crippen LogP contribution in [-0.2, 0) is 4.79 Å². The number of carbonyl (C=O) groups is 1. The SMILES string of the molecule is O=C(COc1ccc(Cl)cc1Cl)N1CCC(c2ccco2)C1. The number of likely N-dealkylation sites (tertiary alicyclic amines) is 1. The van der Waals surface area contributed by atoms with Crippen LogP contribution in [0.3, 0.4) is 0 Å². The lowest BCUT2D eigenvalue weighted by atomic mass is 10.1. The second kappa shape index (κ2) is 6.63. The molecular weight excluding hydrogens is 325 g/mol. The van der Waals surface area contributed by atoms with E-state index >= 15 is 0 Å². The van der Waals surface area contributed by atoms with E-state index in [9.17, 15) is 4.79 Å². The average molecular weight is 340 g/mol. The van der Waals surface area contributed by atoms with E-state index in [0.717, 1.165) is 12.2 Å². The molecule has 1 saturated heterocycles. The molecule has 1 aliphatic heterocycles. The van der Waals surface area contributed by atoms with Gasteiger partial charge in [-0.2, -0.15) is 0 Å². The van der Waals surface area contributed by atoms with E-state index in [4.69, 9.17) is 32.4 Å². The molecule has 4 nitrogen and oxygen atoms in total. The third kappa shape index (κ3) is 3.39. The third-order valence-electron chi connectivity index (χ3n) is 3.73. The van der Waals surface area contributed by atoms with E-state index < -0.39 is 0 Å². The first kappa shape index (κ1) is 15.3. The fourth-order valence-corrected chi connectivity index (χ4v) is 3.03. The van der Waals surface area contributed by atoms with Crippen molar-refractivity contribution in [1.82, 2.24) is 4.90 Å². The predicted octanol–water partition coefficient (Wildman–Crippen LogP) is 3.98. The standard InChI is InChI=1S/C16H15Cl2NO3/c17-12-3-4-15(13(18)8-12)22-10-16(20)19-6-5-11(9-19)14-2-1-7-21-14/h1-4,7-8,11H,5-6,9-10H2. The Morgan fingerprint density at radius 2 is 2.23 bits per heavy atom. The Balaban J connectivity index is 1.54. The van der Waals surface area contributed by atoms with Gasteiger partial charge in [-0.3, -0.25) is 4.79 Å². The Hall–Kier alpha value is -1.65. The first-order valence-corrected chi connectivity index (χ1v) is 7.78. The van der Waals surface area contributed by atoms with Crippen LogP contribution in [0, 0.1) is 0 Å². The molecule has 1 unspecified atom stereocenters. The highest BCUT2D eigenvalue weighted by Crippen LogP contribution is 2.29. The molecule has 3 rings (SSSR count). The fraction of sp³-hybridized carbons (Fsp3) is 0.312. The topological polar surface area (TPSA) is 42.7 Å². The predicted molar refractivity (Wildman–Crippen MR) is 84.6 cm³/mol. The van der Waals surface area contributed by atoms with Gasteiger partial charge in [0.25, 0.3) is 5.91 Å². The molecule has 1 aliphatic rings. The van der Waals surface area contributed by atoms with Crippen molar-refractivity contribution in [3.63, 3.8) is 0 Å². The maximum absolute atomic E-state index is 12.2. The summed E-state index contributed by atoms with van der Waals surface area (Å²) in [6.07, 6.45) is 2.56. The van der Waals surface area contributed by atoms with Gasteiger partial charge in [0.05, 0.1) is 11.3 Å². The minimum absolute atomic E-state index is 0.0355. The van der Waals surface area contributed by atoms with Gasteiger partial charge >= 0.3 is 0 Å². The van der Waals surface area contributed by atoms with Crippen molar-refractivity contribution >= 4 is 29.1 Å². The zero-order valence-electron chi connectivity index (χ0n) is 11.8. The van der Waals surface area contributed by atoms with Gasteiger partial charge in [-0.1, -0.05) is 23.2 Å². The van der Waals surface area contributed by atoms with Gasteiger partial charge in [-0.15, -0.1) is 0 Å². The van der Waals surface area contributed by atoms with Gasteiger partial charge in [-0.25, -0.2) is 0 Å². The summed E-state index contributed by atoms with van der Waals surface area (Å²) in [6, 6.07) is 8.74. The molecule has 1 fully saturated rings. The van der Waals surface area contributed by atoms with Crippen LogP contribution in [-0.4, -0.2) is 30.5 Å². The van der Waals surface area contributed by atoms with Crippen LogP contribution in [0.4, 0.5) is 0 Å². The van der Waals surface area contributed by atoms with Gasteiger partial charge in [0, 0.05) is 24.0 Å². The van der Waals surface area contributed by atoms with E-state index in [1.807, 2.05) is 12.1 Å². The van der Waals surface area contributed by atoms with E-state index in [-0.39, 0.29) is 18.4 Å². The Morgan fingerprint density at radius 1 is 1.36 bits per heavy atom. The Morgan fingerprint density at radius 3 is 2.95 bits per heavy atom. The molecule has 2 aromatic rings. The number of ether oxygens (including phenoxy) is 1. The largest absolute Gasteiger partial charge is 0.482 e. The highest BCUT2D eigenvalue weighted by molar-refractivity contribution is 6.35. The van der Waals surface area contributed by atoms with Gasteiger partial charge in [-0.05, 0) is 36.8 Å². The number of amides is 1. The third-order valence-corrected chi connectivity index (χ3v) is 4.26. The minimum Gasteiger partial charge on any atom is -0.482 e. The van der Waals surface area contributed by atoms with Crippen LogP contribution in [0.25, 0.3) is 0 Å². The number of benzene rings is 1. The van der Waals surface area contributed by atoms with Crippen molar-refractivity contribution in [2.45, 2.75) is 12.3 Å². The van der Waals surface area contributed by atoms with E-state index in [0.29, 0.717) is 28.9 Å². The summed E-state index contributed by atoms with van der Waals surface area (Å²) in [6.45, 7) is 1.33. The molecule has 1 atom stereocenters. The lowest BCUT2D eigenvalue weighted by Crippen LogP contribution is -2.32. The monoisotopic (exact) mass is 339 g/mol. The van der Waals surface area contributed by atoms with Crippen molar-refractivity contribution in [2.75, 3.05) is 19.7 Å². The molecule has 1 aromatic carbocycles. The molecule has 0 N–H and O–H groups in total. The number of hydrogen-bond acceptors (Lipinski definition) is 3. The van der Waals surface area contributed by atoms with E-state index in [1.54, 1.807) is 29.4 Å². The van der Waals surface area contributed by atoms with Crippen molar-refractivity contribution < 1.29 is 13.9 Å². The van der Waals surface area contributed by atoms with Crippen LogP contribution < -0.4 is 4.74 Å². The Bertz CT molecular complexity index is 657. The molecule has 0 radical (unpaired) electrons. The van der Waals surface area contributed by atoms with Crippen LogP contribution >= 0.6 is 23.2 Å². The zero-order valence-corrected chi connectivity index (χ0v) is 13.3. The van der Waals surface area contributed by atoms with Crippen molar-refractivity contribution in [3.05, 3.63) is 52.4 Å². The van der Waals surface area contributed by atoms with Gasteiger partial charge in [0.15, 0.2) is 6.61 Å². The van der Waals surface area contributed by atoms with Gasteiger partial charge in [0.2, 0.25) is 0 Å². The lowest BCUT2D eigenvalue weighted by Gasteiger charge is -2.17. The van der Waals surface area contributed by atoms with Gasteiger partial charge in [0.1, 0.15) is 11.5 Å². The number of furan rings is 1. The number of rotatable bonds is 4. The maximum Gasteiger partial charge on any atom is 0.260 e. The summed E-state index contributed by atoms with van der Waals surface area (Å²) in [5.74, 6) is 1.59. The average Bonchev–Trinajstić information content (AvgIpc) is 3.17. The minimum atomic E-state index is -0.0555. The van der Waals surface area contributed by atoms with Crippen molar-refractivity contribution in [2.24, 2.45) is 0 Å². The smallest absolute Gasteiger partial charge is 0.260 e.